The highest BCUT2D eigenvalue weighted by Crippen LogP contribution is 2.55. The van der Waals surface area contributed by atoms with Crippen molar-refractivity contribution in [1.29, 1.82) is 0 Å². The van der Waals surface area contributed by atoms with Gasteiger partial charge < -0.3 is 25.6 Å². The molecule has 4 aliphatic carbocycles. The highest BCUT2D eigenvalue weighted by molar-refractivity contribution is 5.92. The second-order valence-electron chi connectivity index (χ2n) is 9.92. The Balaban J connectivity index is 1.27. The molecule has 4 saturated carbocycles. The largest absolute Gasteiger partial charge is 0.339 e. The summed E-state index contributed by atoms with van der Waals surface area (Å²) >= 11 is 0. The summed E-state index contributed by atoms with van der Waals surface area (Å²) in [6.07, 6.45) is 9.75. The average molecular weight is 405 g/mol. The quantitative estimate of drug-likeness (QED) is 0.460. The van der Waals surface area contributed by atoms with Crippen LogP contribution in [0.15, 0.2) is 0 Å². The van der Waals surface area contributed by atoms with Crippen molar-refractivity contribution in [2.24, 2.45) is 29.4 Å². The Morgan fingerprint density at radius 3 is 2.07 bits per heavy atom. The summed E-state index contributed by atoms with van der Waals surface area (Å²) in [7, 11) is 0. The predicted molar refractivity (Wildman–Crippen MR) is 110 cm³/mol. The zero-order valence-electron chi connectivity index (χ0n) is 17.5. The standard InChI is InChI=1S/C22H36N4O3/c23-3-1-2-20(28)25-4-6-26(7-5-25)21(29)19(15-27)14-24-22-11-16-8-17(12-22)10-18(9-16)13-22/h15-19,24H,1-14,23H2. The van der Waals surface area contributed by atoms with Gasteiger partial charge in [-0.05, 0) is 69.2 Å². The van der Waals surface area contributed by atoms with E-state index in [1.165, 1.54) is 38.5 Å². The van der Waals surface area contributed by atoms with Crippen LogP contribution in [-0.2, 0) is 14.4 Å². The van der Waals surface area contributed by atoms with E-state index in [0.717, 1.165) is 24.0 Å². The lowest BCUT2D eigenvalue weighted by atomic mass is 9.53. The molecular weight excluding hydrogens is 368 g/mol. The van der Waals surface area contributed by atoms with Crippen molar-refractivity contribution in [2.45, 2.75) is 56.9 Å². The van der Waals surface area contributed by atoms with Crippen molar-refractivity contribution in [3.05, 3.63) is 0 Å². The molecule has 5 rings (SSSR count). The van der Waals surface area contributed by atoms with E-state index in [1.807, 2.05) is 4.90 Å². The zero-order valence-corrected chi connectivity index (χ0v) is 17.5. The minimum absolute atomic E-state index is 0.0914. The molecule has 1 saturated heterocycles. The normalized spacial score (nSPS) is 34.3. The van der Waals surface area contributed by atoms with Crippen LogP contribution in [0.3, 0.4) is 0 Å². The van der Waals surface area contributed by atoms with E-state index in [4.69, 9.17) is 5.73 Å². The lowest BCUT2D eigenvalue weighted by molar-refractivity contribution is -0.143. The molecule has 7 heteroatoms. The first-order chi connectivity index (χ1) is 14.0. The van der Waals surface area contributed by atoms with Crippen molar-refractivity contribution in [2.75, 3.05) is 39.3 Å². The minimum atomic E-state index is -0.623. The average Bonchev–Trinajstić information content (AvgIpc) is 2.71. The van der Waals surface area contributed by atoms with Gasteiger partial charge in [-0.1, -0.05) is 0 Å². The molecule has 3 N–H and O–H groups in total. The lowest BCUT2D eigenvalue weighted by Gasteiger charge is -2.57. The second-order valence-corrected chi connectivity index (χ2v) is 9.92. The summed E-state index contributed by atoms with van der Waals surface area (Å²) in [5.74, 6) is 1.91. The van der Waals surface area contributed by atoms with Crippen LogP contribution in [0, 0.1) is 23.7 Å². The third kappa shape index (κ3) is 4.50. The van der Waals surface area contributed by atoms with Crippen molar-refractivity contribution >= 4 is 18.1 Å². The fraction of sp³-hybridized carbons (Fsp3) is 0.864. The topological polar surface area (TPSA) is 95.7 Å². The Hall–Kier alpha value is -1.47. The molecule has 0 aromatic carbocycles. The minimum Gasteiger partial charge on any atom is -0.339 e. The first-order valence-electron chi connectivity index (χ1n) is 11.5. The van der Waals surface area contributed by atoms with Crippen molar-refractivity contribution < 1.29 is 14.4 Å². The number of hydrogen-bond donors (Lipinski definition) is 2. The maximum absolute atomic E-state index is 12.9. The van der Waals surface area contributed by atoms with Gasteiger partial charge in [0.15, 0.2) is 0 Å². The van der Waals surface area contributed by atoms with Crippen LogP contribution in [0.2, 0.25) is 0 Å². The summed E-state index contributed by atoms with van der Waals surface area (Å²) in [5, 5.41) is 3.69. The molecule has 0 spiro atoms. The summed E-state index contributed by atoms with van der Waals surface area (Å²) in [6.45, 7) is 3.07. The van der Waals surface area contributed by atoms with E-state index < -0.39 is 5.92 Å². The monoisotopic (exact) mass is 404 g/mol. The predicted octanol–water partition coefficient (Wildman–Crippen LogP) is 0.770. The number of hydrogen-bond acceptors (Lipinski definition) is 5. The molecule has 0 aromatic heterocycles. The van der Waals surface area contributed by atoms with E-state index >= 15 is 0 Å². The molecule has 0 radical (unpaired) electrons. The Morgan fingerprint density at radius 2 is 1.55 bits per heavy atom. The van der Waals surface area contributed by atoms with Gasteiger partial charge in [0.1, 0.15) is 12.2 Å². The van der Waals surface area contributed by atoms with Gasteiger partial charge in [-0.3, -0.25) is 9.59 Å². The third-order valence-electron chi connectivity index (χ3n) is 7.76. The van der Waals surface area contributed by atoms with Gasteiger partial charge in [0.25, 0.3) is 0 Å². The zero-order chi connectivity index (χ0) is 20.4. The van der Waals surface area contributed by atoms with Gasteiger partial charge in [0.05, 0.1) is 0 Å². The first-order valence-corrected chi connectivity index (χ1v) is 11.5. The number of amides is 2. The van der Waals surface area contributed by atoms with Crippen LogP contribution in [0.25, 0.3) is 0 Å². The van der Waals surface area contributed by atoms with Gasteiger partial charge in [-0.2, -0.15) is 0 Å². The van der Waals surface area contributed by atoms with Crippen molar-refractivity contribution in [3.63, 3.8) is 0 Å². The molecular formula is C22H36N4O3. The van der Waals surface area contributed by atoms with E-state index in [-0.39, 0.29) is 17.4 Å². The third-order valence-corrected chi connectivity index (χ3v) is 7.76. The molecule has 1 unspecified atom stereocenters. The molecule has 7 nitrogen and oxygen atoms in total. The number of rotatable bonds is 8. The fourth-order valence-electron chi connectivity index (χ4n) is 6.67. The molecule has 5 aliphatic rings. The maximum Gasteiger partial charge on any atom is 0.234 e. The molecule has 29 heavy (non-hydrogen) atoms. The number of piperazine rings is 1. The Bertz CT molecular complexity index is 594. The Labute approximate surface area is 173 Å². The van der Waals surface area contributed by atoms with E-state index in [2.05, 4.69) is 5.32 Å². The highest BCUT2D eigenvalue weighted by Gasteiger charge is 2.50. The maximum atomic E-state index is 12.9. The molecule has 162 valence electrons. The highest BCUT2D eigenvalue weighted by atomic mass is 16.2. The number of nitrogens with two attached hydrogens (primary N) is 1. The first kappa shape index (κ1) is 20.8. The van der Waals surface area contributed by atoms with Crippen LogP contribution in [0.5, 0.6) is 0 Å². The number of aldehydes is 1. The van der Waals surface area contributed by atoms with Crippen LogP contribution in [0.4, 0.5) is 0 Å². The summed E-state index contributed by atoms with van der Waals surface area (Å²) in [6, 6.07) is 0. The summed E-state index contributed by atoms with van der Waals surface area (Å²) in [4.78, 5) is 40.4. The number of nitrogens with zero attached hydrogens (tertiary/aromatic N) is 2. The van der Waals surface area contributed by atoms with Crippen molar-refractivity contribution in [3.8, 4) is 0 Å². The van der Waals surface area contributed by atoms with Crippen LogP contribution >= 0.6 is 0 Å². The molecule has 0 aromatic rings. The molecule has 2 amide bonds. The Morgan fingerprint density at radius 1 is 1.00 bits per heavy atom. The van der Waals surface area contributed by atoms with E-state index in [1.54, 1.807) is 4.90 Å². The smallest absolute Gasteiger partial charge is 0.234 e. The molecule has 5 fully saturated rings. The number of nitrogens with one attached hydrogen (secondary N) is 1. The van der Waals surface area contributed by atoms with E-state index in [0.29, 0.717) is 52.1 Å². The fourth-order valence-corrected chi connectivity index (χ4v) is 6.67. The van der Waals surface area contributed by atoms with Crippen LogP contribution in [-0.4, -0.2) is 72.7 Å². The van der Waals surface area contributed by atoms with Gasteiger partial charge in [-0.15, -0.1) is 0 Å². The number of carbonyl (C=O) groups excluding carboxylic acids is 3. The summed E-state index contributed by atoms with van der Waals surface area (Å²) < 4.78 is 0. The molecule has 1 atom stereocenters. The van der Waals surface area contributed by atoms with Gasteiger partial charge in [-0.25, -0.2) is 0 Å². The molecule has 1 aliphatic heterocycles. The summed E-state index contributed by atoms with van der Waals surface area (Å²) in [5.41, 5.74) is 5.63. The molecule has 1 heterocycles. The molecule has 4 bridgehead atoms. The van der Waals surface area contributed by atoms with Gasteiger partial charge in [0.2, 0.25) is 11.8 Å². The lowest BCUT2D eigenvalue weighted by Crippen LogP contribution is -2.60. The van der Waals surface area contributed by atoms with Crippen LogP contribution < -0.4 is 11.1 Å². The van der Waals surface area contributed by atoms with E-state index in [9.17, 15) is 14.4 Å². The van der Waals surface area contributed by atoms with Crippen molar-refractivity contribution in [1.82, 2.24) is 15.1 Å². The van der Waals surface area contributed by atoms with Gasteiger partial charge in [0, 0.05) is 44.7 Å². The van der Waals surface area contributed by atoms with Gasteiger partial charge >= 0.3 is 0 Å². The number of carbonyl (C=O) groups is 3. The SMILES string of the molecule is NCCCC(=O)N1CCN(C(=O)C(C=O)CNC23CC4CC(CC(C4)C2)C3)CC1. The Kier molecular flexibility index (Phi) is 6.25. The van der Waals surface area contributed by atoms with Crippen LogP contribution in [0.1, 0.15) is 51.4 Å². The second kappa shape index (κ2) is 8.72.